The second-order valence-electron chi connectivity index (χ2n) is 6.41. The zero-order valence-electron chi connectivity index (χ0n) is 15.8. The highest BCUT2D eigenvalue weighted by Gasteiger charge is 2.15. The Hall–Kier alpha value is -2.60. The maximum absolute atomic E-state index is 12.3. The predicted octanol–water partition coefficient (Wildman–Crippen LogP) is 4.24. The Morgan fingerprint density at radius 2 is 1.93 bits per heavy atom. The molecule has 0 saturated heterocycles. The van der Waals surface area contributed by atoms with Gasteiger partial charge < -0.3 is 9.88 Å². The molecule has 6 heteroatoms. The van der Waals surface area contributed by atoms with Crippen LogP contribution in [-0.2, 0) is 11.3 Å². The van der Waals surface area contributed by atoms with Crippen LogP contribution in [0.4, 0.5) is 0 Å². The van der Waals surface area contributed by atoms with E-state index in [1.165, 1.54) is 17.3 Å². The van der Waals surface area contributed by atoms with Crippen LogP contribution >= 0.6 is 11.8 Å². The molecule has 27 heavy (non-hydrogen) atoms. The van der Waals surface area contributed by atoms with E-state index in [-0.39, 0.29) is 11.9 Å². The minimum absolute atomic E-state index is 0.0147. The molecule has 1 heterocycles. The second kappa shape index (κ2) is 8.86. The summed E-state index contributed by atoms with van der Waals surface area (Å²) in [6.07, 6.45) is 0. The maximum Gasteiger partial charge on any atom is 0.230 e. The van der Waals surface area contributed by atoms with Gasteiger partial charge in [0.25, 0.3) is 0 Å². The molecule has 3 rings (SSSR count). The van der Waals surface area contributed by atoms with Crippen LogP contribution in [0.5, 0.6) is 0 Å². The number of hydrogen-bond donors (Lipinski definition) is 1. The highest BCUT2D eigenvalue weighted by molar-refractivity contribution is 7.99. The number of nitrogens with zero attached hydrogens (tertiary/aromatic N) is 3. The number of hydrogen-bond acceptors (Lipinski definition) is 4. The predicted molar refractivity (Wildman–Crippen MR) is 110 cm³/mol. The van der Waals surface area contributed by atoms with Crippen molar-refractivity contribution in [3.63, 3.8) is 0 Å². The van der Waals surface area contributed by atoms with Gasteiger partial charge >= 0.3 is 0 Å². The summed E-state index contributed by atoms with van der Waals surface area (Å²) in [4.78, 5) is 12.3. The zero-order chi connectivity index (χ0) is 19.2. The van der Waals surface area contributed by atoms with Crippen LogP contribution in [0, 0.1) is 6.92 Å². The van der Waals surface area contributed by atoms with E-state index in [0.29, 0.717) is 5.75 Å². The maximum atomic E-state index is 12.3. The smallest absolute Gasteiger partial charge is 0.230 e. The molecule has 0 saturated carbocycles. The molecule has 0 spiro atoms. The number of carbonyl (C=O) groups excluding carboxylic acids is 1. The molecule has 2 aromatic carbocycles. The Bertz CT molecular complexity index is 908. The summed E-state index contributed by atoms with van der Waals surface area (Å²) in [5.74, 6) is 1.13. The van der Waals surface area contributed by atoms with Crippen LogP contribution < -0.4 is 5.32 Å². The summed E-state index contributed by atoms with van der Waals surface area (Å²) in [6.45, 7) is 6.86. The van der Waals surface area contributed by atoms with Gasteiger partial charge in [0.2, 0.25) is 5.91 Å². The lowest BCUT2D eigenvalue weighted by Gasteiger charge is -2.14. The van der Waals surface area contributed by atoms with Gasteiger partial charge in [0.15, 0.2) is 11.0 Å². The summed E-state index contributed by atoms with van der Waals surface area (Å²) < 4.78 is 2.05. The second-order valence-corrected chi connectivity index (χ2v) is 7.35. The first-order valence-electron chi connectivity index (χ1n) is 9.05. The van der Waals surface area contributed by atoms with Crippen molar-refractivity contribution in [3.8, 4) is 11.4 Å². The lowest BCUT2D eigenvalue weighted by atomic mass is 10.1. The van der Waals surface area contributed by atoms with E-state index in [1.54, 1.807) is 0 Å². The highest BCUT2D eigenvalue weighted by atomic mass is 32.2. The van der Waals surface area contributed by atoms with Crippen molar-refractivity contribution >= 4 is 17.7 Å². The van der Waals surface area contributed by atoms with Crippen molar-refractivity contribution in [1.29, 1.82) is 0 Å². The number of benzene rings is 2. The largest absolute Gasteiger partial charge is 0.349 e. The van der Waals surface area contributed by atoms with E-state index in [9.17, 15) is 4.79 Å². The van der Waals surface area contributed by atoms with Crippen LogP contribution in [0.15, 0.2) is 59.8 Å². The average molecular weight is 381 g/mol. The molecular formula is C21H24N4OS. The first-order chi connectivity index (χ1) is 13.1. The number of amides is 1. The molecule has 0 aliphatic heterocycles. The van der Waals surface area contributed by atoms with Gasteiger partial charge in [-0.05, 0) is 32.4 Å². The lowest BCUT2D eigenvalue weighted by Crippen LogP contribution is -2.28. The molecule has 0 unspecified atom stereocenters. The number of thioether (sulfide) groups is 1. The van der Waals surface area contributed by atoms with E-state index < -0.39 is 0 Å². The molecule has 1 atom stereocenters. The fourth-order valence-electron chi connectivity index (χ4n) is 2.92. The summed E-state index contributed by atoms with van der Waals surface area (Å²) in [5, 5.41) is 12.4. The monoisotopic (exact) mass is 380 g/mol. The zero-order valence-corrected chi connectivity index (χ0v) is 16.7. The number of rotatable bonds is 7. The summed E-state index contributed by atoms with van der Waals surface area (Å²) in [6, 6.07) is 18.1. The van der Waals surface area contributed by atoms with E-state index >= 15 is 0 Å². The Kier molecular flexibility index (Phi) is 6.29. The van der Waals surface area contributed by atoms with E-state index in [0.717, 1.165) is 28.7 Å². The van der Waals surface area contributed by atoms with Crippen molar-refractivity contribution in [2.24, 2.45) is 0 Å². The molecule has 1 amide bonds. The summed E-state index contributed by atoms with van der Waals surface area (Å²) >= 11 is 1.41. The Balaban J connectivity index is 1.65. The Labute approximate surface area is 164 Å². The molecule has 3 aromatic rings. The van der Waals surface area contributed by atoms with Gasteiger partial charge in [-0.15, -0.1) is 10.2 Å². The van der Waals surface area contributed by atoms with Gasteiger partial charge in [0, 0.05) is 12.1 Å². The fourth-order valence-corrected chi connectivity index (χ4v) is 3.73. The molecule has 1 N–H and O–H groups in total. The third kappa shape index (κ3) is 4.77. The lowest BCUT2D eigenvalue weighted by molar-refractivity contribution is -0.119. The van der Waals surface area contributed by atoms with Gasteiger partial charge in [-0.25, -0.2) is 0 Å². The SMILES string of the molecule is CCn1c(SCC(=O)N[C@H](C)c2ccccc2)nnc1-c1cccc(C)c1. The molecule has 1 aromatic heterocycles. The van der Waals surface area contributed by atoms with Crippen molar-refractivity contribution in [3.05, 3.63) is 65.7 Å². The molecule has 5 nitrogen and oxygen atoms in total. The van der Waals surface area contributed by atoms with Crippen LogP contribution in [0.3, 0.4) is 0 Å². The summed E-state index contributed by atoms with van der Waals surface area (Å²) in [7, 11) is 0. The van der Waals surface area contributed by atoms with Crippen LogP contribution in [-0.4, -0.2) is 26.4 Å². The van der Waals surface area contributed by atoms with Gasteiger partial charge in [0.1, 0.15) is 0 Å². The van der Waals surface area contributed by atoms with Gasteiger partial charge in [-0.3, -0.25) is 4.79 Å². The number of aryl methyl sites for hydroxylation is 1. The first-order valence-corrected chi connectivity index (χ1v) is 10.0. The van der Waals surface area contributed by atoms with Gasteiger partial charge in [0.05, 0.1) is 11.8 Å². The molecule has 0 aliphatic rings. The third-order valence-corrected chi connectivity index (χ3v) is 5.29. The topological polar surface area (TPSA) is 59.8 Å². The van der Waals surface area contributed by atoms with Crippen LogP contribution in [0.2, 0.25) is 0 Å². The summed E-state index contributed by atoms with van der Waals surface area (Å²) in [5.41, 5.74) is 3.31. The highest BCUT2D eigenvalue weighted by Crippen LogP contribution is 2.24. The Morgan fingerprint density at radius 3 is 2.63 bits per heavy atom. The average Bonchev–Trinajstić information content (AvgIpc) is 3.10. The fraction of sp³-hybridized carbons (Fsp3) is 0.286. The minimum Gasteiger partial charge on any atom is -0.349 e. The molecule has 0 aliphatic carbocycles. The van der Waals surface area contributed by atoms with Crippen LogP contribution in [0.1, 0.15) is 31.0 Å². The minimum atomic E-state index is -0.0220. The molecular weight excluding hydrogens is 356 g/mol. The van der Waals surface area contributed by atoms with Crippen molar-refractivity contribution in [2.75, 3.05) is 5.75 Å². The number of aromatic nitrogens is 3. The third-order valence-electron chi connectivity index (χ3n) is 4.32. The normalized spacial score (nSPS) is 12.0. The van der Waals surface area contributed by atoms with Crippen molar-refractivity contribution in [2.45, 2.75) is 38.5 Å². The number of carbonyl (C=O) groups is 1. The first kappa shape index (κ1) is 19.2. The Morgan fingerprint density at radius 1 is 1.15 bits per heavy atom. The quantitative estimate of drug-likeness (QED) is 0.623. The van der Waals surface area contributed by atoms with E-state index in [2.05, 4.69) is 41.5 Å². The standard InChI is InChI=1S/C21H24N4OS/c1-4-25-20(18-12-8-9-15(2)13-18)23-24-21(25)27-14-19(26)22-16(3)17-10-6-5-7-11-17/h5-13,16H,4,14H2,1-3H3,(H,22,26)/t16-/m1/s1. The number of nitrogens with one attached hydrogen (secondary N) is 1. The van der Waals surface area contributed by atoms with Crippen molar-refractivity contribution in [1.82, 2.24) is 20.1 Å². The molecule has 0 radical (unpaired) electrons. The molecule has 0 bridgehead atoms. The van der Waals surface area contributed by atoms with Gasteiger partial charge in [-0.1, -0.05) is 65.9 Å². The van der Waals surface area contributed by atoms with Crippen molar-refractivity contribution < 1.29 is 4.79 Å². The van der Waals surface area contributed by atoms with E-state index in [4.69, 9.17) is 0 Å². The van der Waals surface area contributed by atoms with Crippen LogP contribution in [0.25, 0.3) is 11.4 Å². The van der Waals surface area contributed by atoms with Gasteiger partial charge in [-0.2, -0.15) is 0 Å². The van der Waals surface area contributed by atoms with E-state index in [1.807, 2.05) is 54.0 Å². The molecule has 140 valence electrons. The molecule has 0 fully saturated rings.